The lowest BCUT2D eigenvalue weighted by Crippen LogP contribution is -2.00. The van der Waals surface area contributed by atoms with Crippen LogP contribution in [0.1, 0.15) is 5.56 Å². The van der Waals surface area contributed by atoms with Crippen LogP contribution in [-0.4, -0.2) is 29.3 Å². The monoisotopic (exact) mass is 264 g/mol. The lowest BCUT2D eigenvalue weighted by molar-refractivity contribution is 0.413. The van der Waals surface area contributed by atoms with Crippen molar-refractivity contribution in [2.45, 2.75) is 6.92 Å². The van der Waals surface area contributed by atoms with E-state index in [1.54, 1.807) is 26.4 Å². The molecule has 0 aliphatic rings. The maximum Gasteiger partial charge on any atom is 0.187 e. The Bertz CT molecular complexity index is 574. The van der Waals surface area contributed by atoms with Gasteiger partial charge in [-0.1, -0.05) is 11.6 Å². The highest BCUT2D eigenvalue weighted by atomic mass is 35.5. The quantitative estimate of drug-likeness (QED) is 0.923. The largest absolute Gasteiger partial charge is 0.496 e. The minimum atomic E-state index is 0.476. The number of aryl methyl sites for hydroxylation is 1. The van der Waals surface area contributed by atoms with Gasteiger partial charge in [0.25, 0.3) is 0 Å². The van der Waals surface area contributed by atoms with Crippen LogP contribution in [0.15, 0.2) is 18.3 Å². The van der Waals surface area contributed by atoms with Crippen LogP contribution in [0.5, 0.6) is 5.75 Å². The average molecular weight is 265 g/mol. The number of benzene rings is 1. The van der Waals surface area contributed by atoms with E-state index in [2.05, 4.69) is 20.5 Å². The first kappa shape index (κ1) is 12.6. The van der Waals surface area contributed by atoms with Gasteiger partial charge in [0.05, 0.1) is 18.9 Å². The number of nitrogens with one attached hydrogen (secondary N) is 1. The van der Waals surface area contributed by atoms with Crippen LogP contribution in [0.25, 0.3) is 11.4 Å². The van der Waals surface area contributed by atoms with Gasteiger partial charge in [0.2, 0.25) is 0 Å². The smallest absolute Gasteiger partial charge is 0.187 e. The first-order valence-electron chi connectivity index (χ1n) is 5.37. The van der Waals surface area contributed by atoms with Crippen molar-refractivity contribution in [1.29, 1.82) is 0 Å². The molecule has 18 heavy (non-hydrogen) atoms. The summed E-state index contributed by atoms with van der Waals surface area (Å²) in [5, 5.41) is 11.4. The van der Waals surface area contributed by atoms with Crippen LogP contribution < -0.4 is 10.1 Å². The number of nitrogens with zero attached hydrogens (tertiary/aromatic N) is 3. The van der Waals surface area contributed by atoms with E-state index in [0.29, 0.717) is 22.4 Å². The van der Waals surface area contributed by atoms with Crippen LogP contribution in [0, 0.1) is 6.92 Å². The van der Waals surface area contributed by atoms with Crippen molar-refractivity contribution in [2.75, 3.05) is 19.5 Å². The Morgan fingerprint density at radius 3 is 2.78 bits per heavy atom. The maximum atomic E-state index is 6.06. The van der Waals surface area contributed by atoms with E-state index in [-0.39, 0.29) is 0 Å². The van der Waals surface area contributed by atoms with E-state index in [1.165, 1.54) is 0 Å². The minimum absolute atomic E-state index is 0.476. The molecule has 0 saturated heterocycles. The second-order valence-electron chi connectivity index (χ2n) is 3.72. The predicted molar refractivity (Wildman–Crippen MR) is 71.1 cm³/mol. The van der Waals surface area contributed by atoms with Crippen molar-refractivity contribution in [3.8, 4) is 17.1 Å². The number of halogens is 1. The maximum absolute atomic E-state index is 6.06. The molecule has 6 heteroatoms. The molecule has 2 rings (SSSR count). The molecule has 5 nitrogen and oxygen atoms in total. The van der Waals surface area contributed by atoms with Gasteiger partial charge in [-0.05, 0) is 24.6 Å². The molecule has 0 aliphatic carbocycles. The number of aromatic nitrogens is 3. The molecule has 1 N–H and O–H groups in total. The summed E-state index contributed by atoms with van der Waals surface area (Å²) in [7, 11) is 3.38. The number of rotatable bonds is 3. The van der Waals surface area contributed by atoms with Gasteiger partial charge in [-0.25, -0.2) is 4.98 Å². The summed E-state index contributed by atoms with van der Waals surface area (Å²) < 4.78 is 5.37. The Kier molecular flexibility index (Phi) is 3.62. The van der Waals surface area contributed by atoms with E-state index in [1.807, 2.05) is 13.0 Å². The first-order valence-corrected chi connectivity index (χ1v) is 5.75. The number of anilines is 1. The molecule has 0 spiro atoms. The summed E-state index contributed by atoms with van der Waals surface area (Å²) in [5.41, 5.74) is 1.66. The van der Waals surface area contributed by atoms with Gasteiger partial charge in [0.15, 0.2) is 5.82 Å². The Morgan fingerprint density at radius 2 is 2.11 bits per heavy atom. The zero-order valence-corrected chi connectivity index (χ0v) is 11.1. The average Bonchev–Trinajstić information content (AvgIpc) is 2.38. The zero-order chi connectivity index (χ0) is 13.1. The van der Waals surface area contributed by atoms with Crippen molar-refractivity contribution < 1.29 is 4.74 Å². The fourth-order valence-corrected chi connectivity index (χ4v) is 1.98. The number of hydrogen-bond donors (Lipinski definition) is 1. The van der Waals surface area contributed by atoms with E-state index < -0.39 is 0 Å². The van der Waals surface area contributed by atoms with Crippen molar-refractivity contribution in [3.63, 3.8) is 0 Å². The third-order valence-electron chi connectivity index (χ3n) is 2.50. The Balaban J connectivity index is 2.61. The summed E-state index contributed by atoms with van der Waals surface area (Å²) in [4.78, 5) is 4.33. The van der Waals surface area contributed by atoms with Gasteiger partial charge in [-0.15, -0.1) is 5.10 Å². The van der Waals surface area contributed by atoms with Crippen molar-refractivity contribution in [3.05, 3.63) is 28.9 Å². The molecule has 94 valence electrons. The van der Waals surface area contributed by atoms with Crippen LogP contribution >= 0.6 is 11.6 Å². The van der Waals surface area contributed by atoms with Crippen molar-refractivity contribution in [1.82, 2.24) is 15.2 Å². The SMILES string of the molecule is CNc1cnnc(-c2cc(Cl)cc(C)c2OC)n1. The van der Waals surface area contributed by atoms with E-state index in [4.69, 9.17) is 16.3 Å². The van der Waals surface area contributed by atoms with E-state index >= 15 is 0 Å². The summed E-state index contributed by atoms with van der Waals surface area (Å²) in [6.45, 7) is 1.92. The molecule has 0 radical (unpaired) electrons. The molecular formula is C12H13ClN4O. The predicted octanol–water partition coefficient (Wildman–Crippen LogP) is 2.55. The fourth-order valence-electron chi connectivity index (χ4n) is 1.71. The molecule has 0 saturated carbocycles. The van der Waals surface area contributed by atoms with Crippen LogP contribution in [0.3, 0.4) is 0 Å². The topological polar surface area (TPSA) is 59.9 Å². The Morgan fingerprint density at radius 1 is 1.33 bits per heavy atom. The molecule has 2 aromatic rings. The van der Waals surface area contributed by atoms with E-state index in [9.17, 15) is 0 Å². The third-order valence-corrected chi connectivity index (χ3v) is 2.72. The molecule has 0 amide bonds. The number of hydrogen-bond acceptors (Lipinski definition) is 5. The third kappa shape index (κ3) is 2.36. The molecule has 1 aromatic carbocycles. The second kappa shape index (κ2) is 5.18. The zero-order valence-electron chi connectivity index (χ0n) is 10.4. The molecule has 0 bridgehead atoms. The lowest BCUT2D eigenvalue weighted by Gasteiger charge is -2.11. The first-order chi connectivity index (χ1) is 8.65. The van der Waals surface area contributed by atoms with E-state index in [0.717, 1.165) is 11.1 Å². The number of ether oxygens (including phenoxy) is 1. The van der Waals surface area contributed by atoms with Crippen LogP contribution in [0.4, 0.5) is 5.82 Å². The summed E-state index contributed by atoms with van der Waals surface area (Å²) in [6.07, 6.45) is 1.55. The van der Waals surface area contributed by atoms with Gasteiger partial charge >= 0.3 is 0 Å². The van der Waals surface area contributed by atoms with Gasteiger partial charge in [-0.3, -0.25) is 0 Å². The van der Waals surface area contributed by atoms with Gasteiger partial charge in [-0.2, -0.15) is 5.10 Å². The normalized spacial score (nSPS) is 10.2. The van der Waals surface area contributed by atoms with Crippen molar-refractivity contribution >= 4 is 17.4 Å². The molecular weight excluding hydrogens is 252 g/mol. The standard InChI is InChI=1S/C12H13ClN4O/c1-7-4-8(13)5-9(11(7)18-3)12-16-10(14-2)6-15-17-12/h4-6H,1-3H3,(H,14,16,17). The fraction of sp³-hybridized carbons (Fsp3) is 0.250. The summed E-state index contributed by atoms with van der Waals surface area (Å²) in [5.74, 6) is 1.82. The lowest BCUT2D eigenvalue weighted by atomic mass is 10.1. The molecule has 0 unspecified atom stereocenters. The summed E-state index contributed by atoms with van der Waals surface area (Å²) in [6, 6.07) is 3.60. The molecule has 1 heterocycles. The van der Waals surface area contributed by atoms with Crippen LogP contribution in [-0.2, 0) is 0 Å². The molecule has 0 atom stereocenters. The highest BCUT2D eigenvalue weighted by molar-refractivity contribution is 6.31. The molecule has 0 aliphatic heterocycles. The molecule has 0 fully saturated rings. The minimum Gasteiger partial charge on any atom is -0.496 e. The Labute approximate surface area is 110 Å². The van der Waals surface area contributed by atoms with Crippen LogP contribution in [0.2, 0.25) is 5.02 Å². The second-order valence-corrected chi connectivity index (χ2v) is 4.16. The highest BCUT2D eigenvalue weighted by Crippen LogP contribution is 2.33. The molecule has 1 aromatic heterocycles. The Hall–Kier alpha value is -1.88. The number of methoxy groups -OCH3 is 1. The van der Waals surface area contributed by atoms with Crippen molar-refractivity contribution in [2.24, 2.45) is 0 Å². The summed E-state index contributed by atoms with van der Waals surface area (Å²) >= 11 is 6.06. The van der Waals surface area contributed by atoms with Gasteiger partial charge in [0, 0.05) is 12.1 Å². The van der Waals surface area contributed by atoms with Gasteiger partial charge < -0.3 is 10.1 Å². The highest BCUT2D eigenvalue weighted by Gasteiger charge is 2.13. The van der Waals surface area contributed by atoms with Gasteiger partial charge in [0.1, 0.15) is 11.6 Å².